The highest BCUT2D eigenvalue weighted by atomic mass is 19.1. The van der Waals surface area contributed by atoms with E-state index in [2.05, 4.69) is 0 Å². The Hall–Kier alpha value is -1.91. The summed E-state index contributed by atoms with van der Waals surface area (Å²) in [6.07, 6.45) is 1.69. The minimum absolute atomic E-state index is 0.0794. The third-order valence-corrected chi connectivity index (χ3v) is 3.55. The average Bonchev–Trinajstić information content (AvgIpc) is 2.46. The van der Waals surface area contributed by atoms with Crippen molar-refractivity contribution in [1.29, 1.82) is 0 Å². The van der Waals surface area contributed by atoms with Gasteiger partial charge in [-0.1, -0.05) is 12.1 Å². The highest BCUT2D eigenvalue weighted by molar-refractivity contribution is 5.80. The molecule has 0 spiro atoms. The summed E-state index contributed by atoms with van der Waals surface area (Å²) in [4.78, 5) is 25.4. The Morgan fingerprint density at radius 3 is 2.95 bits per heavy atom. The predicted molar refractivity (Wildman–Crippen MR) is 71.4 cm³/mol. The Morgan fingerprint density at radius 2 is 2.25 bits per heavy atom. The summed E-state index contributed by atoms with van der Waals surface area (Å²) in [5.74, 6) is -0.941. The van der Waals surface area contributed by atoms with Gasteiger partial charge in [0.2, 0.25) is 5.91 Å². The van der Waals surface area contributed by atoms with E-state index in [1.807, 2.05) is 0 Å². The van der Waals surface area contributed by atoms with Gasteiger partial charge >= 0.3 is 5.97 Å². The number of piperidine rings is 1. The largest absolute Gasteiger partial charge is 0.469 e. The third kappa shape index (κ3) is 3.56. The number of esters is 1. The average molecular weight is 279 g/mol. The number of rotatable bonds is 3. The van der Waals surface area contributed by atoms with E-state index in [1.165, 1.54) is 19.2 Å². The first-order valence-electron chi connectivity index (χ1n) is 6.70. The molecule has 1 amide bonds. The number of amides is 1. The summed E-state index contributed by atoms with van der Waals surface area (Å²) in [5, 5.41) is 0. The van der Waals surface area contributed by atoms with E-state index in [-0.39, 0.29) is 30.0 Å². The molecule has 1 aromatic rings. The molecular weight excluding hydrogens is 261 g/mol. The van der Waals surface area contributed by atoms with Gasteiger partial charge in [0.05, 0.1) is 19.4 Å². The number of likely N-dealkylation sites (tertiary alicyclic amines) is 1. The number of benzene rings is 1. The number of hydrogen-bond donors (Lipinski definition) is 0. The van der Waals surface area contributed by atoms with Crippen LogP contribution in [0.1, 0.15) is 18.4 Å². The van der Waals surface area contributed by atoms with Crippen LogP contribution in [-0.2, 0) is 20.7 Å². The molecule has 0 radical (unpaired) electrons. The van der Waals surface area contributed by atoms with Crippen molar-refractivity contribution in [3.63, 3.8) is 0 Å². The van der Waals surface area contributed by atoms with Gasteiger partial charge in [-0.3, -0.25) is 9.59 Å². The summed E-state index contributed by atoms with van der Waals surface area (Å²) in [6, 6.07) is 6.02. The number of nitrogens with zero attached hydrogens (tertiary/aromatic N) is 1. The highest BCUT2D eigenvalue weighted by Gasteiger charge is 2.28. The Morgan fingerprint density at radius 1 is 1.45 bits per heavy atom. The molecule has 1 saturated heterocycles. The summed E-state index contributed by atoms with van der Waals surface area (Å²) in [6.45, 7) is 1.03. The van der Waals surface area contributed by atoms with Crippen molar-refractivity contribution in [3.05, 3.63) is 35.6 Å². The van der Waals surface area contributed by atoms with E-state index < -0.39 is 0 Å². The van der Waals surface area contributed by atoms with Crippen LogP contribution in [0.25, 0.3) is 0 Å². The molecule has 0 N–H and O–H groups in total. The zero-order valence-electron chi connectivity index (χ0n) is 11.5. The smallest absolute Gasteiger partial charge is 0.310 e. The van der Waals surface area contributed by atoms with Crippen molar-refractivity contribution >= 4 is 11.9 Å². The van der Waals surface area contributed by atoms with Crippen molar-refractivity contribution in [3.8, 4) is 0 Å². The van der Waals surface area contributed by atoms with Gasteiger partial charge in [-0.15, -0.1) is 0 Å². The number of carbonyl (C=O) groups excluding carboxylic acids is 2. The van der Waals surface area contributed by atoms with Gasteiger partial charge in [0.1, 0.15) is 5.82 Å². The standard InChI is InChI=1S/C15H18FNO3/c1-20-15(19)12-5-3-7-17(10-12)14(18)9-11-4-2-6-13(16)8-11/h2,4,6,8,12H,3,5,7,9-10H2,1H3. The minimum atomic E-state index is -0.346. The normalized spacial score (nSPS) is 18.7. The molecule has 1 aliphatic rings. The van der Waals surface area contributed by atoms with Crippen molar-refractivity contribution in [2.24, 2.45) is 5.92 Å². The molecule has 20 heavy (non-hydrogen) atoms. The predicted octanol–water partition coefficient (Wildman–Crippen LogP) is 1.78. The number of ether oxygens (including phenoxy) is 1. The van der Waals surface area contributed by atoms with Crippen LogP contribution >= 0.6 is 0 Å². The molecule has 0 aromatic heterocycles. The van der Waals surface area contributed by atoms with E-state index in [4.69, 9.17) is 4.74 Å². The molecule has 2 rings (SSSR count). The van der Waals surface area contributed by atoms with Crippen molar-refractivity contribution in [1.82, 2.24) is 4.90 Å². The quantitative estimate of drug-likeness (QED) is 0.792. The van der Waals surface area contributed by atoms with E-state index in [0.717, 1.165) is 12.8 Å². The van der Waals surface area contributed by atoms with E-state index in [1.54, 1.807) is 17.0 Å². The van der Waals surface area contributed by atoms with Crippen LogP contribution in [0.15, 0.2) is 24.3 Å². The van der Waals surface area contributed by atoms with Crippen molar-refractivity contribution in [2.75, 3.05) is 20.2 Å². The second-order valence-corrected chi connectivity index (χ2v) is 5.01. The van der Waals surface area contributed by atoms with Crippen LogP contribution in [0.4, 0.5) is 4.39 Å². The fourth-order valence-corrected chi connectivity index (χ4v) is 2.50. The maximum Gasteiger partial charge on any atom is 0.310 e. The van der Waals surface area contributed by atoms with Gasteiger partial charge in [-0.2, -0.15) is 0 Å². The lowest BCUT2D eigenvalue weighted by atomic mass is 9.97. The Balaban J connectivity index is 1.97. The summed E-state index contributed by atoms with van der Waals surface area (Å²) in [5.41, 5.74) is 0.648. The zero-order chi connectivity index (χ0) is 14.5. The summed E-state index contributed by atoms with van der Waals surface area (Å²) in [7, 11) is 1.36. The molecule has 0 bridgehead atoms. The molecular formula is C15H18FNO3. The third-order valence-electron chi connectivity index (χ3n) is 3.55. The van der Waals surface area contributed by atoms with Crippen LogP contribution in [0.5, 0.6) is 0 Å². The monoisotopic (exact) mass is 279 g/mol. The second-order valence-electron chi connectivity index (χ2n) is 5.01. The van der Waals surface area contributed by atoms with Gasteiger partial charge in [-0.05, 0) is 30.5 Å². The Kier molecular flexibility index (Phi) is 4.71. The van der Waals surface area contributed by atoms with Crippen molar-refractivity contribution in [2.45, 2.75) is 19.3 Å². The highest BCUT2D eigenvalue weighted by Crippen LogP contribution is 2.18. The van der Waals surface area contributed by atoms with E-state index in [0.29, 0.717) is 18.7 Å². The molecule has 4 nitrogen and oxygen atoms in total. The SMILES string of the molecule is COC(=O)C1CCCN(C(=O)Cc2cccc(F)c2)C1. The topological polar surface area (TPSA) is 46.6 Å². The molecule has 1 aliphatic heterocycles. The van der Waals surface area contributed by atoms with Crippen LogP contribution in [0.2, 0.25) is 0 Å². The molecule has 1 atom stereocenters. The molecule has 108 valence electrons. The second kappa shape index (κ2) is 6.50. The van der Waals surface area contributed by atoms with Crippen LogP contribution < -0.4 is 0 Å². The fraction of sp³-hybridized carbons (Fsp3) is 0.467. The van der Waals surface area contributed by atoms with Gasteiger partial charge < -0.3 is 9.64 Å². The summed E-state index contributed by atoms with van der Waals surface area (Å²) < 4.78 is 17.8. The first kappa shape index (κ1) is 14.5. The zero-order valence-corrected chi connectivity index (χ0v) is 11.5. The molecule has 1 fully saturated rings. The first-order valence-corrected chi connectivity index (χ1v) is 6.70. The summed E-state index contributed by atoms with van der Waals surface area (Å²) >= 11 is 0. The molecule has 0 aliphatic carbocycles. The first-order chi connectivity index (χ1) is 9.60. The number of halogens is 1. The minimum Gasteiger partial charge on any atom is -0.469 e. The van der Waals surface area contributed by atoms with Gasteiger partial charge in [0.25, 0.3) is 0 Å². The number of hydrogen-bond acceptors (Lipinski definition) is 3. The molecule has 1 unspecified atom stereocenters. The number of carbonyl (C=O) groups is 2. The maximum atomic E-state index is 13.1. The lowest BCUT2D eigenvalue weighted by molar-refractivity contribution is -0.148. The van der Waals surface area contributed by atoms with Crippen LogP contribution in [0.3, 0.4) is 0 Å². The van der Waals surface area contributed by atoms with Gasteiger partial charge in [0, 0.05) is 13.1 Å². The Labute approximate surface area is 117 Å². The van der Waals surface area contributed by atoms with Gasteiger partial charge in [-0.25, -0.2) is 4.39 Å². The molecule has 1 aromatic carbocycles. The van der Waals surface area contributed by atoms with Gasteiger partial charge in [0.15, 0.2) is 0 Å². The molecule has 0 saturated carbocycles. The fourth-order valence-electron chi connectivity index (χ4n) is 2.50. The Bertz CT molecular complexity index is 504. The van der Waals surface area contributed by atoms with Crippen LogP contribution in [0, 0.1) is 11.7 Å². The number of methoxy groups -OCH3 is 1. The van der Waals surface area contributed by atoms with E-state index in [9.17, 15) is 14.0 Å². The lowest BCUT2D eigenvalue weighted by Crippen LogP contribution is -2.43. The van der Waals surface area contributed by atoms with Crippen LogP contribution in [-0.4, -0.2) is 37.0 Å². The molecule has 5 heteroatoms. The maximum absolute atomic E-state index is 13.1. The van der Waals surface area contributed by atoms with Crippen molar-refractivity contribution < 1.29 is 18.7 Å². The molecule has 1 heterocycles. The lowest BCUT2D eigenvalue weighted by Gasteiger charge is -2.31. The van der Waals surface area contributed by atoms with E-state index >= 15 is 0 Å².